The lowest BCUT2D eigenvalue weighted by Crippen LogP contribution is -2.49. The molecular weight excluding hydrogens is 282 g/mol. The zero-order valence-electron chi connectivity index (χ0n) is 12.9. The van der Waals surface area contributed by atoms with Crippen LogP contribution in [0.15, 0.2) is 23.0 Å². The van der Waals surface area contributed by atoms with Crippen molar-refractivity contribution in [2.24, 2.45) is 5.92 Å². The fraction of sp³-hybridized carbons (Fsp3) is 0.500. The number of nitrogens with one attached hydrogen (secondary N) is 2. The summed E-state index contributed by atoms with van der Waals surface area (Å²) in [7, 11) is 0. The highest BCUT2D eigenvalue weighted by atomic mass is 16.5. The first kappa shape index (κ1) is 14.8. The second-order valence-corrected chi connectivity index (χ2v) is 6.20. The van der Waals surface area contributed by atoms with Crippen LogP contribution in [0, 0.1) is 5.92 Å². The topological polar surface area (TPSA) is 78.2 Å². The molecule has 22 heavy (non-hydrogen) atoms. The molecule has 0 aliphatic carbocycles. The Kier molecular flexibility index (Phi) is 4.02. The fourth-order valence-electron chi connectivity index (χ4n) is 2.99. The van der Waals surface area contributed by atoms with Crippen LogP contribution in [0.1, 0.15) is 30.6 Å². The van der Waals surface area contributed by atoms with Gasteiger partial charge in [0.1, 0.15) is 0 Å². The normalized spacial score (nSPS) is 19.0. The minimum absolute atomic E-state index is 0.00195. The molecule has 1 saturated heterocycles. The highest BCUT2D eigenvalue weighted by Gasteiger charge is 2.28. The van der Waals surface area contributed by atoms with Crippen LogP contribution in [-0.2, 0) is 4.74 Å². The first-order chi connectivity index (χ1) is 10.5. The Morgan fingerprint density at radius 2 is 2.14 bits per heavy atom. The summed E-state index contributed by atoms with van der Waals surface area (Å²) in [6.45, 7) is 6.07. The third kappa shape index (κ3) is 2.92. The first-order valence-corrected chi connectivity index (χ1v) is 7.65. The lowest BCUT2D eigenvalue weighted by molar-refractivity contribution is -0.00745. The molecule has 1 aromatic heterocycles. The van der Waals surface area contributed by atoms with E-state index < -0.39 is 0 Å². The van der Waals surface area contributed by atoms with Gasteiger partial charge in [-0.3, -0.25) is 4.79 Å². The molecule has 1 amide bonds. The molecule has 3 rings (SSSR count). The van der Waals surface area contributed by atoms with Crippen molar-refractivity contribution in [3.8, 4) is 0 Å². The number of rotatable bonds is 3. The maximum Gasteiger partial charge on any atom is 0.323 e. The van der Waals surface area contributed by atoms with Crippen molar-refractivity contribution < 1.29 is 9.53 Å². The number of nitrogens with zero attached hydrogens (tertiary/aromatic N) is 1. The van der Waals surface area contributed by atoms with Crippen molar-refractivity contribution >= 4 is 16.9 Å². The van der Waals surface area contributed by atoms with Crippen LogP contribution in [0.25, 0.3) is 11.0 Å². The molecule has 1 fully saturated rings. The molecule has 0 unspecified atom stereocenters. The van der Waals surface area contributed by atoms with Gasteiger partial charge in [-0.15, -0.1) is 0 Å². The van der Waals surface area contributed by atoms with E-state index >= 15 is 0 Å². The number of amides is 1. The average molecular weight is 303 g/mol. The Morgan fingerprint density at radius 3 is 2.91 bits per heavy atom. The number of hydrogen-bond acceptors (Lipinski definition) is 3. The van der Waals surface area contributed by atoms with Crippen molar-refractivity contribution in [3.63, 3.8) is 0 Å². The predicted octanol–water partition coefficient (Wildman–Crippen LogP) is 1.74. The van der Waals surface area contributed by atoms with Crippen molar-refractivity contribution in [2.45, 2.75) is 26.3 Å². The van der Waals surface area contributed by atoms with Crippen LogP contribution in [-0.4, -0.2) is 46.6 Å². The zero-order valence-corrected chi connectivity index (χ0v) is 12.9. The standard InChI is InChI=1S/C16H21N3O3/c1-10(2)7-12-9-22-6-5-19(12)15(20)11-3-4-13-14(8-11)18-16(21)17-13/h3-4,8,10,12H,5-7,9H2,1-2H3,(H2,17,18,21)/t12-/m1/s1. The number of imidazole rings is 1. The molecule has 1 aliphatic rings. The van der Waals surface area contributed by atoms with E-state index in [4.69, 9.17) is 4.74 Å². The van der Waals surface area contributed by atoms with Gasteiger partial charge < -0.3 is 19.6 Å². The van der Waals surface area contributed by atoms with Crippen LogP contribution < -0.4 is 5.69 Å². The molecule has 0 saturated carbocycles. The van der Waals surface area contributed by atoms with Gasteiger partial charge in [0.15, 0.2) is 0 Å². The fourth-order valence-corrected chi connectivity index (χ4v) is 2.99. The molecule has 0 bridgehead atoms. The Balaban J connectivity index is 1.87. The van der Waals surface area contributed by atoms with Crippen LogP contribution in [0.3, 0.4) is 0 Å². The Hall–Kier alpha value is -2.08. The molecular formula is C16H21N3O3. The summed E-state index contributed by atoms with van der Waals surface area (Å²) < 4.78 is 5.53. The van der Waals surface area contributed by atoms with Gasteiger partial charge in [0.05, 0.1) is 30.3 Å². The van der Waals surface area contributed by atoms with Gasteiger partial charge in [-0.25, -0.2) is 4.79 Å². The summed E-state index contributed by atoms with van der Waals surface area (Å²) in [5.74, 6) is 0.503. The molecule has 6 nitrogen and oxygen atoms in total. The molecule has 6 heteroatoms. The van der Waals surface area contributed by atoms with Crippen molar-refractivity contribution in [2.75, 3.05) is 19.8 Å². The van der Waals surface area contributed by atoms with E-state index in [9.17, 15) is 9.59 Å². The van der Waals surface area contributed by atoms with E-state index in [1.165, 1.54) is 0 Å². The number of aromatic nitrogens is 2. The van der Waals surface area contributed by atoms with Crippen LogP contribution in [0.2, 0.25) is 0 Å². The molecule has 1 atom stereocenters. The highest BCUT2D eigenvalue weighted by molar-refractivity contribution is 5.97. The number of fused-ring (bicyclic) bond motifs is 1. The second-order valence-electron chi connectivity index (χ2n) is 6.20. The molecule has 2 N–H and O–H groups in total. The lowest BCUT2D eigenvalue weighted by atomic mass is 10.0. The van der Waals surface area contributed by atoms with E-state index in [0.717, 1.165) is 6.42 Å². The van der Waals surface area contributed by atoms with Gasteiger partial charge in [0.25, 0.3) is 5.91 Å². The maximum absolute atomic E-state index is 12.8. The van der Waals surface area contributed by atoms with Crippen LogP contribution in [0.4, 0.5) is 0 Å². The summed E-state index contributed by atoms with van der Waals surface area (Å²) in [4.78, 5) is 31.4. The average Bonchev–Trinajstić information content (AvgIpc) is 2.85. The van der Waals surface area contributed by atoms with Crippen molar-refractivity contribution in [1.82, 2.24) is 14.9 Å². The van der Waals surface area contributed by atoms with Gasteiger partial charge in [-0.2, -0.15) is 0 Å². The molecule has 118 valence electrons. The van der Waals surface area contributed by atoms with E-state index in [0.29, 0.717) is 42.3 Å². The summed E-state index contributed by atoms with van der Waals surface area (Å²) in [6.07, 6.45) is 0.926. The number of carbonyl (C=O) groups excluding carboxylic acids is 1. The number of morpholine rings is 1. The SMILES string of the molecule is CC(C)C[C@@H]1COCCN1C(=O)c1ccc2[nH]c(=O)[nH]c2c1. The van der Waals surface area contributed by atoms with Crippen molar-refractivity contribution in [1.29, 1.82) is 0 Å². The van der Waals surface area contributed by atoms with Gasteiger partial charge in [-0.05, 0) is 30.5 Å². The monoisotopic (exact) mass is 303 g/mol. The van der Waals surface area contributed by atoms with E-state index in [-0.39, 0.29) is 17.6 Å². The quantitative estimate of drug-likeness (QED) is 0.906. The number of ether oxygens (including phenoxy) is 1. The van der Waals surface area contributed by atoms with Crippen molar-refractivity contribution in [3.05, 3.63) is 34.2 Å². The third-order valence-electron chi connectivity index (χ3n) is 3.99. The predicted molar refractivity (Wildman–Crippen MR) is 84.0 cm³/mol. The van der Waals surface area contributed by atoms with Crippen LogP contribution >= 0.6 is 0 Å². The zero-order chi connectivity index (χ0) is 15.7. The summed E-state index contributed by atoms with van der Waals surface area (Å²) in [5.41, 5.74) is 1.70. The van der Waals surface area contributed by atoms with Gasteiger partial charge in [0, 0.05) is 12.1 Å². The summed E-state index contributed by atoms with van der Waals surface area (Å²) >= 11 is 0. The van der Waals surface area contributed by atoms with Gasteiger partial charge in [-0.1, -0.05) is 13.8 Å². The number of H-pyrrole nitrogens is 2. The first-order valence-electron chi connectivity index (χ1n) is 7.65. The van der Waals surface area contributed by atoms with Crippen LogP contribution in [0.5, 0.6) is 0 Å². The highest BCUT2D eigenvalue weighted by Crippen LogP contribution is 2.20. The number of hydrogen-bond donors (Lipinski definition) is 2. The van der Waals surface area contributed by atoms with Gasteiger partial charge >= 0.3 is 5.69 Å². The third-order valence-corrected chi connectivity index (χ3v) is 3.99. The molecule has 0 radical (unpaired) electrons. The molecule has 1 aliphatic heterocycles. The minimum atomic E-state index is -0.261. The van der Waals surface area contributed by atoms with Gasteiger partial charge in [0.2, 0.25) is 0 Å². The van der Waals surface area contributed by atoms with E-state index in [1.807, 2.05) is 4.90 Å². The Labute approximate surface area is 128 Å². The van der Waals surface area contributed by atoms with E-state index in [2.05, 4.69) is 23.8 Å². The summed E-state index contributed by atoms with van der Waals surface area (Å²) in [5, 5.41) is 0. The maximum atomic E-state index is 12.8. The molecule has 1 aromatic carbocycles. The number of carbonyl (C=O) groups is 1. The number of aromatic amines is 2. The minimum Gasteiger partial charge on any atom is -0.377 e. The number of benzene rings is 1. The smallest absolute Gasteiger partial charge is 0.323 e. The largest absolute Gasteiger partial charge is 0.377 e. The Bertz CT molecular complexity index is 732. The molecule has 2 aromatic rings. The Morgan fingerprint density at radius 1 is 1.36 bits per heavy atom. The lowest BCUT2D eigenvalue weighted by Gasteiger charge is -2.36. The van der Waals surface area contributed by atoms with E-state index in [1.54, 1.807) is 18.2 Å². The molecule has 2 heterocycles. The molecule has 0 spiro atoms. The summed E-state index contributed by atoms with van der Waals surface area (Å²) in [6, 6.07) is 5.37. The second kappa shape index (κ2) is 5.96.